The zero-order chi connectivity index (χ0) is 20.1. The molecule has 28 heavy (non-hydrogen) atoms. The number of nitrogens with zero attached hydrogens (tertiary/aromatic N) is 1. The first-order valence-corrected chi connectivity index (χ1v) is 10.1. The van der Waals surface area contributed by atoms with Gasteiger partial charge in [0.05, 0.1) is 6.04 Å². The minimum atomic E-state index is -0.481. The molecule has 1 aromatic carbocycles. The quantitative estimate of drug-likeness (QED) is 0.801. The average molecular weight is 391 g/mol. The molecule has 0 saturated carbocycles. The van der Waals surface area contributed by atoms with Gasteiger partial charge in [0.15, 0.2) is 0 Å². The summed E-state index contributed by atoms with van der Waals surface area (Å²) in [7, 11) is 0. The van der Waals surface area contributed by atoms with Crippen molar-refractivity contribution < 1.29 is 18.7 Å². The molecule has 2 aliphatic rings. The lowest BCUT2D eigenvalue weighted by molar-refractivity contribution is -0.138. The molecule has 7 heteroatoms. The van der Waals surface area contributed by atoms with E-state index in [-0.39, 0.29) is 29.5 Å². The molecule has 0 aromatic heterocycles. The third kappa shape index (κ3) is 5.08. The number of carbonyl (C=O) groups is 2. The summed E-state index contributed by atoms with van der Waals surface area (Å²) in [6.45, 7) is 4.45. The van der Waals surface area contributed by atoms with Crippen LogP contribution in [0.1, 0.15) is 36.8 Å². The fraction of sp³-hybridized carbons (Fsp3) is 0.619. The Hall–Kier alpha value is -1.99. The van der Waals surface area contributed by atoms with Crippen molar-refractivity contribution in [3.63, 3.8) is 0 Å². The van der Waals surface area contributed by atoms with Gasteiger partial charge in [-0.2, -0.15) is 0 Å². The van der Waals surface area contributed by atoms with Gasteiger partial charge in [-0.15, -0.1) is 0 Å². The van der Waals surface area contributed by atoms with Gasteiger partial charge >= 0.3 is 0 Å². The van der Waals surface area contributed by atoms with E-state index in [1.54, 1.807) is 17.9 Å². The molecule has 0 aliphatic carbocycles. The van der Waals surface area contributed by atoms with E-state index in [1.165, 1.54) is 6.07 Å². The molecule has 2 amide bonds. The fourth-order valence-corrected chi connectivity index (χ4v) is 3.93. The van der Waals surface area contributed by atoms with Crippen molar-refractivity contribution in [2.45, 2.75) is 45.2 Å². The van der Waals surface area contributed by atoms with Crippen LogP contribution in [0.3, 0.4) is 0 Å². The lowest BCUT2D eigenvalue weighted by Crippen LogP contribution is -2.52. The highest BCUT2D eigenvalue weighted by molar-refractivity contribution is 5.83. The summed E-state index contributed by atoms with van der Waals surface area (Å²) in [5.41, 5.74) is 7.53. The standard InChI is InChI=1S/C21H30FN3O3/c1-14-2-3-15(12-18(14)22)13-24-20(26)17-4-8-25(9-5-17)21(27)19(23)16-6-10-28-11-7-16/h2-3,12,16-17,19H,4-11,13,23H2,1H3,(H,24,26). The zero-order valence-corrected chi connectivity index (χ0v) is 16.5. The number of amides is 2. The number of likely N-dealkylation sites (tertiary alicyclic amines) is 1. The normalized spacial score (nSPS) is 20.0. The minimum Gasteiger partial charge on any atom is -0.381 e. The smallest absolute Gasteiger partial charge is 0.239 e. The second-order valence-electron chi connectivity index (χ2n) is 7.88. The number of hydrogen-bond donors (Lipinski definition) is 2. The van der Waals surface area contributed by atoms with Crippen LogP contribution in [-0.2, 0) is 20.9 Å². The molecule has 2 heterocycles. The van der Waals surface area contributed by atoms with Gasteiger partial charge < -0.3 is 20.7 Å². The molecule has 0 bridgehead atoms. The first-order chi connectivity index (χ1) is 13.5. The van der Waals surface area contributed by atoms with Crippen LogP contribution in [0.2, 0.25) is 0 Å². The molecule has 1 atom stereocenters. The Balaban J connectivity index is 1.44. The number of nitrogens with one attached hydrogen (secondary N) is 1. The molecule has 6 nitrogen and oxygen atoms in total. The first-order valence-electron chi connectivity index (χ1n) is 10.1. The minimum absolute atomic E-state index is 0.0131. The van der Waals surface area contributed by atoms with E-state index in [0.717, 1.165) is 18.4 Å². The average Bonchev–Trinajstić information content (AvgIpc) is 2.74. The highest BCUT2D eigenvalue weighted by atomic mass is 19.1. The second-order valence-corrected chi connectivity index (χ2v) is 7.88. The van der Waals surface area contributed by atoms with Crippen molar-refractivity contribution >= 4 is 11.8 Å². The molecule has 2 saturated heterocycles. The Labute approximate surface area is 165 Å². The molecule has 0 spiro atoms. The summed E-state index contributed by atoms with van der Waals surface area (Å²) >= 11 is 0. The third-order valence-electron chi connectivity index (χ3n) is 5.94. The van der Waals surface area contributed by atoms with E-state index in [1.807, 2.05) is 6.07 Å². The lowest BCUT2D eigenvalue weighted by Gasteiger charge is -2.35. The molecule has 154 valence electrons. The molecule has 2 fully saturated rings. The van der Waals surface area contributed by atoms with E-state index in [4.69, 9.17) is 10.5 Å². The molecule has 2 aliphatic heterocycles. The van der Waals surface area contributed by atoms with E-state index in [9.17, 15) is 14.0 Å². The van der Waals surface area contributed by atoms with Gasteiger partial charge in [0.2, 0.25) is 11.8 Å². The van der Waals surface area contributed by atoms with E-state index in [0.29, 0.717) is 51.3 Å². The van der Waals surface area contributed by atoms with Crippen molar-refractivity contribution in [1.29, 1.82) is 0 Å². The van der Waals surface area contributed by atoms with Crippen molar-refractivity contribution in [1.82, 2.24) is 10.2 Å². The van der Waals surface area contributed by atoms with E-state index < -0.39 is 6.04 Å². The van der Waals surface area contributed by atoms with Gasteiger partial charge in [0, 0.05) is 38.8 Å². The molecular weight excluding hydrogens is 361 g/mol. The number of hydrogen-bond acceptors (Lipinski definition) is 4. The topological polar surface area (TPSA) is 84.7 Å². The van der Waals surface area contributed by atoms with Crippen molar-refractivity contribution in [3.05, 3.63) is 35.1 Å². The number of ether oxygens (including phenoxy) is 1. The Bertz CT molecular complexity index is 698. The van der Waals surface area contributed by atoms with Crippen molar-refractivity contribution in [2.75, 3.05) is 26.3 Å². The summed E-state index contributed by atoms with van der Waals surface area (Å²) in [6, 6.07) is 4.50. The fourth-order valence-electron chi connectivity index (χ4n) is 3.93. The highest BCUT2D eigenvalue weighted by Crippen LogP contribution is 2.22. The van der Waals surface area contributed by atoms with Crippen molar-refractivity contribution in [2.24, 2.45) is 17.6 Å². The summed E-state index contributed by atoms with van der Waals surface area (Å²) < 4.78 is 18.9. The molecule has 1 unspecified atom stereocenters. The summed E-state index contributed by atoms with van der Waals surface area (Å²) in [5, 5.41) is 2.89. The van der Waals surface area contributed by atoms with Crippen LogP contribution in [0, 0.1) is 24.6 Å². The Morgan fingerprint density at radius 2 is 1.93 bits per heavy atom. The number of aryl methyl sites for hydroxylation is 1. The van der Waals surface area contributed by atoms with Crippen LogP contribution in [-0.4, -0.2) is 49.1 Å². The SMILES string of the molecule is Cc1ccc(CNC(=O)C2CCN(C(=O)C(N)C3CCOCC3)CC2)cc1F. The summed E-state index contributed by atoms with van der Waals surface area (Å²) in [5.74, 6) is -0.266. The van der Waals surface area contributed by atoms with Crippen LogP contribution >= 0.6 is 0 Å². The third-order valence-corrected chi connectivity index (χ3v) is 5.94. The van der Waals surface area contributed by atoms with Crippen LogP contribution in [0.4, 0.5) is 4.39 Å². The Kier molecular flexibility index (Phi) is 7.02. The molecule has 0 radical (unpaired) electrons. The van der Waals surface area contributed by atoms with E-state index in [2.05, 4.69) is 5.32 Å². The number of halogens is 1. The van der Waals surface area contributed by atoms with Crippen LogP contribution in [0.5, 0.6) is 0 Å². The van der Waals surface area contributed by atoms with Gasteiger partial charge in [-0.25, -0.2) is 4.39 Å². The molecule has 3 N–H and O–H groups in total. The summed E-state index contributed by atoms with van der Waals surface area (Å²) in [4.78, 5) is 26.9. The maximum absolute atomic E-state index is 13.6. The number of rotatable bonds is 5. The maximum Gasteiger partial charge on any atom is 0.239 e. The van der Waals surface area contributed by atoms with Gasteiger partial charge in [-0.1, -0.05) is 12.1 Å². The van der Waals surface area contributed by atoms with Gasteiger partial charge in [-0.05, 0) is 55.7 Å². The van der Waals surface area contributed by atoms with E-state index >= 15 is 0 Å². The van der Waals surface area contributed by atoms with Crippen LogP contribution < -0.4 is 11.1 Å². The maximum atomic E-state index is 13.6. The predicted octanol–water partition coefficient (Wildman–Crippen LogP) is 1.74. The van der Waals surface area contributed by atoms with Crippen molar-refractivity contribution in [3.8, 4) is 0 Å². The second kappa shape index (κ2) is 9.47. The monoisotopic (exact) mass is 391 g/mol. The Morgan fingerprint density at radius 3 is 2.57 bits per heavy atom. The van der Waals surface area contributed by atoms with Crippen LogP contribution in [0.15, 0.2) is 18.2 Å². The highest BCUT2D eigenvalue weighted by Gasteiger charge is 2.33. The largest absolute Gasteiger partial charge is 0.381 e. The summed E-state index contributed by atoms with van der Waals surface area (Å²) in [6.07, 6.45) is 2.90. The number of carbonyl (C=O) groups excluding carboxylic acids is 2. The molecular formula is C21H30FN3O3. The number of piperidine rings is 1. The number of nitrogens with two attached hydrogens (primary N) is 1. The van der Waals surface area contributed by atoms with Crippen LogP contribution in [0.25, 0.3) is 0 Å². The van der Waals surface area contributed by atoms with Gasteiger partial charge in [-0.3, -0.25) is 9.59 Å². The molecule has 1 aromatic rings. The van der Waals surface area contributed by atoms with Gasteiger partial charge in [0.1, 0.15) is 5.82 Å². The lowest BCUT2D eigenvalue weighted by atomic mass is 9.90. The van der Waals surface area contributed by atoms with Gasteiger partial charge in [0.25, 0.3) is 0 Å². The molecule has 3 rings (SSSR count). The number of benzene rings is 1. The predicted molar refractivity (Wildman–Crippen MR) is 104 cm³/mol. The first kappa shape index (κ1) is 20.7. The Morgan fingerprint density at radius 1 is 1.25 bits per heavy atom. The zero-order valence-electron chi connectivity index (χ0n) is 16.5.